The van der Waals surface area contributed by atoms with Gasteiger partial charge >= 0.3 is 0 Å². The van der Waals surface area contributed by atoms with Crippen molar-refractivity contribution in [2.75, 3.05) is 6.54 Å². The Morgan fingerprint density at radius 1 is 1.19 bits per heavy atom. The highest BCUT2D eigenvalue weighted by atomic mass is 35.5. The summed E-state index contributed by atoms with van der Waals surface area (Å²) < 4.78 is 18.7. The van der Waals surface area contributed by atoms with E-state index in [4.69, 9.17) is 16.3 Å². The predicted molar refractivity (Wildman–Crippen MR) is 84.3 cm³/mol. The minimum absolute atomic E-state index is 0.150. The summed E-state index contributed by atoms with van der Waals surface area (Å²) in [5.41, 5.74) is 1.94. The van der Waals surface area contributed by atoms with Gasteiger partial charge in [-0.05, 0) is 49.4 Å². The van der Waals surface area contributed by atoms with Crippen molar-refractivity contribution in [3.05, 3.63) is 64.4 Å². The molecule has 0 fully saturated rings. The fourth-order valence-corrected chi connectivity index (χ4v) is 2.33. The van der Waals surface area contributed by atoms with Crippen LogP contribution in [0.3, 0.4) is 0 Å². The minimum atomic E-state index is -0.244. The molecule has 2 aromatic rings. The van der Waals surface area contributed by atoms with E-state index in [0.717, 1.165) is 23.4 Å². The Hall–Kier alpha value is -1.58. The van der Waals surface area contributed by atoms with Crippen LogP contribution in [0.5, 0.6) is 5.75 Å². The summed E-state index contributed by atoms with van der Waals surface area (Å²) in [7, 11) is 0. The predicted octanol–water partition coefficient (Wildman–Crippen LogP) is 4.73. The molecule has 2 aromatic carbocycles. The zero-order chi connectivity index (χ0) is 15.2. The Balaban J connectivity index is 2.13. The van der Waals surface area contributed by atoms with Crippen molar-refractivity contribution in [1.82, 2.24) is 5.32 Å². The molecule has 21 heavy (non-hydrogen) atoms. The van der Waals surface area contributed by atoms with Crippen LogP contribution in [0.1, 0.15) is 31.0 Å². The molecule has 2 rings (SSSR count). The molecule has 2 nitrogen and oxygen atoms in total. The molecule has 0 heterocycles. The van der Waals surface area contributed by atoms with E-state index in [-0.39, 0.29) is 11.9 Å². The Kier molecular flexibility index (Phi) is 5.59. The second-order valence-corrected chi connectivity index (χ2v) is 5.31. The second-order valence-electron chi connectivity index (χ2n) is 4.88. The topological polar surface area (TPSA) is 21.3 Å². The summed E-state index contributed by atoms with van der Waals surface area (Å²) in [6.45, 7) is 5.39. The van der Waals surface area contributed by atoms with Gasteiger partial charge in [-0.2, -0.15) is 0 Å². The van der Waals surface area contributed by atoms with Gasteiger partial charge in [0.15, 0.2) is 0 Å². The first-order valence-corrected chi connectivity index (χ1v) is 7.38. The standard InChI is InChI=1S/C17H19ClFNO/c1-3-20-12(2)16-10-14(18)6-9-17(16)21-11-13-4-7-15(19)8-5-13/h4-10,12,20H,3,11H2,1-2H3. The van der Waals surface area contributed by atoms with Gasteiger partial charge in [0.1, 0.15) is 18.2 Å². The molecule has 0 aliphatic carbocycles. The first-order chi connectivity index (χ1) is 10.1. The van der Waals surface area contributed by atoms with Crippen molar-refractivity contribution in [3.8, 4) is 5.75 Å². The maximum Gasteiger partial charge on any atom is 0.124 e. The van der Waals surface area contributed by atoms with Gasteiger partial charge in [0.25, 0.3) is 0 Å². The van der Waals surface area contributed by atoms with Gasteiger partial charge in [-0.3, -0.25) is 0 Å². The molecule has 0 aliphatic heterocycles. The van der Waals surface area contributed by atoms with E-state index < -0.39 is 0 Å². The van der Waals surface area contributed by atoms with Crippen molar-refractivity contribution in [2.45, 2.75) is 26.5 Å². The number of nitrogens with one attached hydrogen (secondary N) is 1. The molecule has 0 bridgehead atoms. The van der Waals surface area contributed by atoms with Gasteiger partial charge in [-0.15, -0.1) is 0 Å². The summed E-state index contributed by atoms with van der Waals surface area (Å²) in [5, 5.41) is 4.03. The Labute approximate surface area is 129 Å². The third kappa shape index (κ3) is 4.45. The molecular weight excluding hydrogens is 289 g/mol. The molecule has 1 atom stereocenters. The average Bonchev–Trinajstić information content (AvgIpc) is 2.48. The van der Waals surface area contributed by atoms with E-state index >= 15 is 0 Å². The lowest BCUT2D eigenvalue weighted by Gasteiger charge is -2.18. The summed E-state index contributed by atoms with van der Waals surface area (Å²) in [4.78, 5) is 0. The van der Waals surface area contributed by atoms with Crippen molar-refractivity contribution in [3.63, 3.8) is 0 Å². The maximum absolute atomic E-state index is 12.9. The molecular formula is C17H19ClFNO. The molecule has 0 aliphatic rings. The Morgan fingerprint density at radius 2 is 1.90 bits per heavy atom. The lowest BCUT2D eigenvalue weighted by molar-refractivity contribution is 0.299. The first-order valence-electron chi connectivity index (χ1n) is 7.00. The monoisotopic (exact) mass is 307 g/mol. The number of hydrogen-bond donors (Lipinski definition) is 1. The van der Waals surface area contributed by atoms with Gasteiger partial charge in [-0.25, -0.2) is 4.39 Å². The number of hydrogen-bond acceptors (Lipinski definition) is 2. The van der Waals surface area contributed by atoms with Crippen LogP contribution in [0.15, 0.2) is 42.5 Å². The van der Waals surface area contributed by atoms with Crippen LogP contribution in [0.2, 0.25) is 5.02 Å². The quantitative estimate of drug-likeness (QED) is 0.833. The zero-order valence-electron chi connectivity index (χ0n) is 12.2. The van der Waals surface area contributed by atoms with Gasteiger partial charge in [0, 0.05) is 16.6 Å². The van der Waals surface area contributed by atoms with Crippen LogP contribution in [0, 0.1) is 5.82 Å². The minimum Gasteiger partial charge on any atom is -0.489 e. The summed E-state index contributed by atoms with van der Waals surface area (Å²) in [5.74, 6) is 0.545. The average molecular weight is 308 g/mol. The smallest absolute Gasteiger partial charge is 0.124 e. The molecule has 112 valence electrons. The third-order valence-electron chi connectivity index (χ3n) is 3.26. The van der Waals surface area contributed by atoms with Crippen molar-refractivity contribution in [2.24, 2.45) is 0 Å². The number of ether oxygens (including phenoxy) is 1. The van der Waals surface area contributed by atoms with Gasteiger partial charge in [-0.1, -0.05) is 30.7 Å². The fourth-order valence-electron chi connectivity index (χ4n) is 2.15. The van der Waals surface area contributed by atoms with E-state index in [0.29, 0.717) is 11.6 Å². The molecule has 0 spiro atoms. The number of rotatable bonds is 6. The Bertz CT molecular complexity index is 586. The summed E-state index contributed by atoms with van der Waals surface area (Å²) in [6, 6.07) is 12.0. The van der Waals surface area contributed by atoms with Gasteiger partial charge in [0.2, 0.25) is 0 Å². The molecule has 0 aromatic heterocycles. The maximum atomic E-state index is 12.9. The molecule has 0 saturated carbocycles. The fraction of sp³-hybridized carbons (Fsp3) is 0.294. The summed E-state index contributed by atoms with van der Waals surface area (Å²) in [6.07, 6.45) is 0. The van der Waals surface area contributed by atoms with Crippen LogP contribution in [-0.4, -0.2) is 6.54 Å². The third-order valence-corrected chi connectivity index (χ3v) is 3.49. The van der Waals surface area contributed by atoms with E-state index in [9.17, 15) is 4.39 Å². The van der Waals surface area contributed by atoms with Crippen LogP contribution in [0.25, 0.3) is 0 Å². The lowest BCUT2D eigenvalue weighted by atomic mass is 10.1. The van der Waals surface area contributed by atoms with Gasteiger partial charge < -0.3 is 10.1 Å². The SMILES string of the molecule is CCNC(C)c1cc(Cl)ccc1OCc1ccc(F)cc1. The van der Waals surface area contributed by atoms with Crippen molar-refractivity contribution < 1.29 is 9.13 Å². The van der Waals surface area contributed by atoms with E-state index in [2.05, 4.69) is 19.2 Å². The molecule has 0 amide bonds. The van der Waals surface area contributed by atoms with Crippen LogP contribution in [0.4, 0.5) is 4.39 Å². The van der Waals surface area contributed by atoms with Crippen LogP contribution >= 0.6 is 11.6 Å². The van der Waals surface area contributed by atoms with Crippen LogP contribution < -0.4 is 10.1 Å². The van der Waals surface area contributed by atoms with Crippen molar-refractivity contribution in [1.29, 1.82) is 0 Å². The molecule has 1 N–H and O–H groups in total. The lowest BCUT2D eigenvalue weighted by Crippen LogP contribution is -2.18. The zero-order valence-corrected chi connectivity index (χ0v) is 13.0. The molecule has 0 saturated heterocycles. The van der Waals surface area contributed by atoms with E-state index in [1.807, 2.05) is 18.2 Å². The Morgan fingerprint density at radius 3 is 2.57 bits per heavy atom. The van der Waals surface area contributed by atoms with E-state index in [1.54, 1.807) is 12.1 Å². The normalized spacial score (nSPS) is 12.2. The van der Waals surface area contributed by atoms with Crippen LogP contribution in [-0.2, 0) is 6.61 Å². The summed E-state index contributed by atoms with van der Waals surface area (Å²) >= 11 is 6.07. The molecule has 0 radical (unpaired) electrons. The highest BCUT2D eigenvalue weighted by Crippen LogP contribution is 2.29. The van der Waals surface area contributed by atoms with Crippen molar-refractivity contribution >= 4 is 11.6 Å². The van der Waals surface area contributed by atoms with Gasteiger partial charge in [0.05, 0.1) is 0 Å². The highest BCUT2D eigenvalue weighted by Gasteiger charge is 2.12. The number of benzene rings is 2. The molecule has 4 heteroatoms. The largest absolute Gasteiger partial charge is 0.489 e. The number of halogens is 2. The highest BCUT2D eigenvalue weighted by molar-refractivity contribution is 6.30. The van der Waals surface area contributed by atoms with E-state index in [1.165, 1.54) is 12.1 Å². The first kappa shape index (κ1) is 15.8. The molecule has 1 unspecified atom stereocenters. The second kappa shape index (κ2) is 7.43.